The maximum absolute atomic E-state index is 5.56. The van der Waals surface area contributed by atoms with Crippen molar-refractivity contribution in [2.24, 2.45) is 5.73 Å². The van der Waals surface area contributed by atoms with E-state index in [0.717, 1.165) is 18.6 Å². The minimum atomic E-state index is 0.295. The summed E-state index contributed by atoms with van der Waals surface area (Å²) < 4.78 is 10.6. The molecule has 2 N–H and O–H groups in total. The Morgan fingerprint density at radius 1 is 1.28 bits per heavy atom. The summed E-state index contributed by atoms with van der Waals surface area (Å²) >= 11 is 0. The van der Waals surface area contributed by atoms with Crippen LogP contribution in [0, 0.1) is 0 Å². The second-order valence-electron chi connectivity index (χ2n) is 3.93. The molecule has 1 heterocycles. The fourth-order valence-electron chi connectivity index (χ4n) is 1.56. The molecule has 0 spiro atoms. The lowest BCUT2D eigenvalue weighted by Gasteiger charge is -2.04. The topological polar surface area (TPSA) is 74.2 Å². The average molecular weight is 247 g/mol. The van der Waals surface area contributed by atoms with E-state index in [9.17, 15) is 0 Å². The first-order chi connectivity index (χ1) is 8.81. The van der Waals surface area contributed by atoms with Gasteiger partial charge in [0.2, 0.25) is 0 Å². The minimum absolute atomic E-state index is 0.295. The molecule has 96 valence electrons. The van der Waals surface area contributed by atoms with Gasteiger partial charge in [-0.25, -0.2) is 0 Å². The highest BCUT2D eigenvalue weighted by Crippen LogP contribution is 2.14. The maximum Gasteiger partial charge on any atom is 0.264 e. The maximum atomic E-state index is 5.56. The zero-order chi connectivity index (χ0) is 12.8. The van der Waals surface area contributed by atoms with Crippen molar-refractivity contribution in [1.82, 2.24) is 10.1 Å². The third-order valence-corrected chi connectivity index (χ3v) is 2.55. The van der Waals surface area contributed by atoms with E-state index in [1.165, 1.54) is 5.56 Å². The molecule has 0 saturated carbocycles. The predicted molar refractivity (Wildman–Crippen MR) is 67.2 cm³/mol. The van der Waals surface area contributed by atoms with Gasteiger partial charge in [0.1, 0.15) is 5.75 Å². The van der Waals surface area contributed by atoms with Crippen LogP contribution in [0.4, 0.5) is 0 Å². The van der Waals surface area contributed by atoms with Crippen LogP contribution in [0.25, 0.3) is 0 Å². The molecule has 1 aromatic heterocycles. The van der Waals surface area contributed by atoms with Crippen LogP contribution < -0.4 is 10.5 Å². The molecule has 1 aromatic carbocycles. The largest absolute Gasteiger partial charge is 0.484 e. The summed E-state index contributed by atoms with van der Waals surface area (Å²) in [6, 6.07) is 7.85. The summed E-state index contributed by atoms with van der Waals surface area (Å²) in [5, 5.41) is 3.81. The van der Waals surface area contributed by atoms with Gasteiger partial charge >= 0.3 is 0 Å². The van der Waals surface area contributed by atoms with Gasteiger partial charge < -0.3 is 15.0 Å². The van der Waals surface area contributed by atoms with Crippen LogP contribution in [-0.4, -0.2) is 16.7 Å². The Balaban J connectivity index is 1.89. The molecule has 0 radical (unpaired) electrons. The molecule has 0 fully saturated rings. The Kier molecular flexibility index (Phi) is 4.30. The zero-order valence-corrected chi connectivity index (χ0v) is 10.4. The van der Waals surface area contributed by atoms with Gasteiger partial charge in [-0.15, -0.1) is 0 Å². The molecule has 0 unspecified atom stereocenters. The first kappa shape index (κ1) is 12.6. The fraction of sp³-hybridized carbons (Fsp3) is 0.385. The van der Waals surface area contributed by atoms with Crippen molar-refractivity contribution in [1.29, 1.82) is 0 Å². The highest BCUT2D eigenvalue weighted by Gasteiger charge is 2.05. The van der Waals surface area contributed by atoms with Crippen LogP contribution >= 0.6 is 0 Å². The molecule has 5 nitrogen and oxygen atoms in total. The second kappa shape index (κ2) is 6.16. The molecular formula is C13H17N3O2. The summed E-state index contributed by atoms with van der Waals surface area (Å²) in [4.78, 5) is 4.17. The summed E-state index contributed by atoms with van der Waals surface area (Å²) in [6.07, 6.45) is 1.64. The van der Waals surface area contributed by atoms with Crippen LogP contribution in [0.5, 0.6) is 5.75 Å². The van der Waals surface area contributed by atoms with Crippen molar-refractivity contribution < 1.29 is 9.26 Å². The van der Waals surface area contributed by atoms with Crippen molar-refractivity contribution in [3.63, 3.8) is 0 Å². The third kappa shape index (κ3) is 3.30. The van der Waals surface area contributed by atoms with Crippen molar-refractivity contribution >= 4 is 0 Å². The van der Waals surface area contributed by atoms with Crippen LogP contribution in [0.1, 0.15) is 24.2 Å². The fourth-order valence-corrected chi connectivity index (χ4v) is 1.56. The molecule has 0 bridgehead atoms. The van der Waals surface area contributed by atoms with E-state index in [4.69, 9.17) is 15.0 Å². The summed E-state index contributed by atoms with van der Waals surface area (Å²) in [7, 11) is 0. The van der Waals surface area contributed by atoms with Crippen molar-refractivity contribution in [3.05, 3.63) is 41.5 Å². The molecule has 0 atom stereocenters. The highest BCUT2D eigenvalue weighted by molar-refractivity contribution is 5.27. The van der Waals surface area contributed by atoms with E-state index in [1.807, 2.05) is 31.2 Å². The Morgan fingerprint density at radius 3 is 2.67 bits per heavy atom. The smallest absolute Gasteiger partial charge is 0.264 e. The molecule has 0 amide bonds. The summed E-state index contributed by atoms with van der Waals surface area (Å²) in [5.41, 5.74) is 6.69. The van der Waals surface area contributed by atoms with Crippen LogP contribution in [0.2, 0.25) is 0 Å². The first-order valence-electron chi connectivity index (χ1n) is 6.05. The van der Waals surface area contributed by atoms with E-state index in [2.05, 4.69) is 10.1 Å². The number of hydrogen-bond acceptors (Lipinski definition) is 5. The molecule has 0 aliphatic heterocycles. The average Bonchev–Trinajstić information content (AvgIpc) is 2.86. The zero-order valence-electron chi connectivity index (χ0n) is 10.4. The lowest BCUT2D eigenvalue weighted by atomic mass is 10.1. The molecule has 2 rings (SSSR count). The Bertz CT molecular complexity index is 479. The first-order valence-corrected chi connectivity index (χ1v) is 6.05. The van der Waals surface area contributed by atoms with Gasteiger partial charge in [-0.2, -0.15) is 4.98 Å². The van der Waals surface area contributed by atoms with Gasteiger partial charge in [0, 0.05) is 6.42 Å². The number of rotatable bonds is 6. The van der Waals surface area contributed by atoms with Gasteiger partial charge in [0.15, 0.2) is 12.4 Å². The van der Waals surface area contributed by atoms with E-state index >= 15 is 0 Å². The van der Waals surface area contributed by atoms with Gasteiger partial charge in [-0.3, -0.25) is 0 Å². The van der Waals surface area contributed by atoms with Crippen molar-refractivity contribution in [2.75, 3.05) is 6.54 Å². The van der Waals surface area contributed by atoms with Gasteiger partial charge in [0.05, 0.1) is 0 Å². The van der Waals surface area contributed by atoms with Crippen LogP contribution in [0.15, 0.2) is 28.8 Å². The lowest BCUT2D eigenvalue weighted by Crippen LogP contribution is -2.02. The number of ether oxygens (including phenoxy) is 1. The predicted octanol–water partition coefficient (Wildman–Crippen LogP) is 1.71. The summed E-state index contributed by atoms with van der Waals surface area (Å²) in [6.45, 7) is 2.93. The van der Waals surface area contributed by atoms with Crippen molar-refractivity contribution in [2.45, 2.75) is 26.4 Å². The van der Waals surface area contributed by atoms with E-state index in [0.29, 0.717) is 24.9 Å². The Hall–Kier alpha value is -1.88. The number of aromatic nitrogens is 2. The van der Waals surface area contributed by atoms with Crippen molar-refractivity contribution in [3.8, 4) is 5.75 Å². The Labute approximate surface area is 106 Å². The number of benzene rings is 1. The standard InChI is InChI=1S/C13H17N3O2/c1-2-12-15-13(18-16-12)9-17-11-5-3-10(4-6-11)7-8-14/h3-6H,2,7-9,14H2,1H3. The SMILES string of the molecule is CCc1noc(COc2ccc(CCN)cc2)n1. The Morgan fingerprint density at radius 2 is 2.06 bits per heavy atom. The van der Waals surface area contributed by atoms with E-state index in [1.54, 1.807) is 0 Å². The quantitative estimate of drug-likeness (QED) is 0.841. The van der Waals surface area contributed by atoms with Gasteiger partial charge in [0.25, 0.3) is 5.89 Å². The molecular weight excluding hydrogens is 230 g/mol. The second-order valence-corrected chi connectivity index (χ2v) is 3.93. The number of nitrogens with zero attached hydrogens (tertiary/aromatic N) is 2. The molecule has 0 aliphatic rings. The van der Waals surface area contributed by atoms with Crippen LogP contribution in [-0.2, 0) is 19.4 Å². The molecule has 0 aliphatic carbocycles. The van der Waals surface area contributed by atoms with E-state index in [-0.39, 0.29) is 0 Å². The highest BCUT2D eigenvalue weighted by atomic mass is 16.5. The van der Waals surface area contributed by atoms with Gasteiger partial charge in [-0.05, 0) is 30.7 Å². The molecule has 18 heavy (non-hydrogen) atoms. The summed E-state index contributed by atoms with van der Waals surface area (Å²) in [5.74, 6) is 1.98. The number of aryl methyl sites for hydroxylation is 1. The van der Waals surface area contributed by atoms with E-state index < -0.39 is 0 Å². The molecule has 0 saturated heterocycles. The monoisotopic (exact) mass is 247 g/mol. The van der Waals surface area contributed by atoms with Crippen LogP contribution in [0.3, 0.4) is 0 Å². The normalized spacial score (nSPS) is 10.6. The molecule has 5 heteroatoms. The minimum Gasteiger partial charge on any atom is -0.484 e. The lowest BCUT2D eigenvalue weighted by molar-refractivity contribution is 0.242. The van der Waals surface area contributed by atoms with Gasteiger partial charge in [-0.1, -0.05) is 24.2 Å². The third-order valence-electron chi connectivity index (χ3n) is 2.55. The molecule has 2 aromatic rings. The number of hydrogen-bond donors (Lipinski definition) is 1. The number of nitrogens with two attached hydrogens (primary N) is 1.